The summed E-state index contributed by atoms with van der Waals surface area (Å²) >= 11 is 0. The van der Waals surface area contributed by atoms with E-state index in [9.17, 15) is 13.2 Å². The molecule has 3 aromatic carbocycles. The number of aliphatic imine (C=N–C) groups is 1. The van der Waals surface area contributed by atoms with Crippen LogP contribution in [-0.2, 0) is 23.8 Å². The molecule has 0 aliphatic carbocycles. The monoisotopic (exact) mass is 408 g/mol. The predicted octanol–water partition coefficient (Wildman–Crippen LogP) is 5.91. The lowest BCUT2D eigenvalue weighted by molar-refractivity contribution is -0.137. The number of ether oxygens (including phenoxy) is 1. The lowest BCUT2D eigenvalue weighted by Gasteiger charge is -2.20. The molecule has 1 heterocycles. The average molecular weight is 408 g/mol. The van der Waals surface area contributed by atoms with Crippen molar-refractivity contribution < 1.29 is 17.9 Å². The third-order valence-electron chi connectivity index (χ3n) is 5.13. The summed E-state index contributed by atoms with van der Waals surface area (Å²) < 4.78 is 44.2. The Morgan fingerprint density at radius 3 is 1.83 bits per heavy atom. The van der Waals surface area contributed by atoms with Crippen LogP contribution in [0.5, 0.6) is 0 Å². The van der Waals surface area contributed by atoms with Crippen molar-refractivity contribution >= 4 is 5.90 Å². The highest BCUT2D eigenvalue weighted by atomic mass is 19.4. The van der Waals surface area contributed by atoms with E-state index in [1.807, 2.05) is 36.4 Å². The molecule has 0 fully saturated rings. The number of benzene rings is 3. The Labute approximate surface area is 174 Å². The van der Waals surface area contributed by atoms with Crippen LogP contribution in [0.3, 0.4) is 0 Å². The molecule has 1 atom stereocenters. The molecule has 0 spiro atoms. The van der Waals surface area contributed by atoms with Gasteiger partial charge in [-0.25, -0.2) is 4.99 Å². The fourth-order valence-corrected chi connectivity index (χ4v) is 3.56. The van der Waals surface area contributed by atoms with Gasteiger partial charge in [0.05, 0.1) is 11.6 Å². The summed E-state index contributed by atoms with van der Waals surface area (Å²) in [4.78, 5) is 4.72. The molecule has 1 aliphatic rings. The fourth-order valence-electron chi connectivity index (χ4n) is 3.56. The van der Waals surface area contributed by atoms with E-state index in [0.717, 1.165) is 25.0 Å². The third kappa shape index (κ3) is 4.90. The number of hydrogen-bond donors (Lipinski definition) is 0. The first-order valence-corrected chi connectivity index (χ1v) is 9.80. The molecule has 30 heavy (non-hydrogen) atoms. The molecule has 1 aliphatic heterocycles. The maximum Gasteiger partial charge on any atom is 0.416 e. The molecule has 0 unspecified atom stereocenters. The minimum absolute atomic E-state index is 0.136. The van der Waals surface area contributed by atoms with Gasteiger partial charge in [-0.15, -0.1) is 0 Å². The van der Waals surface area contributed by atoms with E-state index in [1.54, 1.807) is 0 Å². The zero-order chi connectivity index (χ0) is 21.0. The van der Waals surface area contributed by atoms with E-state index < -0.39 is 11.7 Å². The molecule has 3 aromatic rings. The Morgan fingerprint density at radius 2 is 1.33 bits per heavy atom. The Morgan fingerprint density at radius 1 is 0.800 bits per heavy atom. The lowest BCUT2D eigenvalue weighted by Crippen LogP contribution is -2.22. The predicted molar refractivity (Wildman–Crippen MR) is 111 cm³/mol. The van der Waals surface area contributed by atoms with Crippen LogP contribution in [0.2, 0.25) is 0 Å². The molecule has 0 saturated carbocycles. The van der Waals surface area contributed by atoms with Gasteiger partial charge in [-0.1, -0.05) is 60.7 Å². The van der Waals surface area contributed by atoms with Crippen LogP contribution in [0.1, 0.15) is 22.3 Å². The van der Waals surface area contributed by atoms with Gasteiger partial charge < -0.3 is 4.74 Å². The largest absolute Gasteiger partial charge is 0.475 e. The summed E-state index contributed by atoms with van der Waals surface area (Å²) in [6, 6.07) is 25.2. The molecule has 0 aromatic heterocycles. The highest BCUT2D eigenvalue weighted by molar-refractivity contribution is 5.95. The Balaban J connectivity index is 1.55. The zero-order valence-corrected chi connectivity index (χ0v) is 16.3. The van der Waals surface area contributed by atoms with Gasteiger partial charge in [-0.3, -0.25) is 0 Å². The maximum atomic E-state index is 12.8. The van der Waals surface area contributed by atoms with Gasteiger partial charge in [0.2, 0.25) is 5.90 Å². The van der Waals surface area contributed by atoms with Crippen molar-refractivity contribution in [2.75, 3.05) is 6.61 Å². The van der Waals surface area contributed by atoms with Crippen molar-refractivity contribution in [3.05, 3.63) is 113 Å². The Kier molecular flexibility index (Phi) is 5.88. The molecule has 1 radical (unpaired) electrons. The quantitative estimate of drug-likeness (QED) is 0.497. The molecule has 4 rings (SSSR count). The van der Waals surface area contributed by atoms with Gasteiger partial charge >= 0.3 is 6.18 Å². The van der Waals surface area contributed by atoms with Crippen molar-refractivity contribution in [1.82, 2.24) is 0 Å². The van der Waals surface area contributed by atoms with Gasteiger partial charge in [0.15, 0.2) is 0 Å². The standard InChI is InChI=1S/C25H21F3NO/c26-25(27,28)22-13-11-20(12-14-22)24-29-23(17-30-24)21(15-18-7-3-1-4-8-18)16-19-9-5-2-6-10-19/h1-14,23H,15-17H2/t23-/m1/s1. The van der Waals surface area contributed by atoms with Gasteiger partial charge in [0, 0.05) is 11.5 Å². The summed E-state index contributed by atoms with van der Waals surface area (Å²) in [5, 5.41) is 0. The Hall–Kier alpha value is -3.08. The van der Waals surface area contributed by atoms with E-state index >= 15 is 0 Å². The topological polar surface area (TPSA) is 21.6 Å². The number of halogens is 3. The first-order valence-electron chi connectivity index (χ1n) is 9.80. The SMILES string of the molecule is FC(F)(F)c1ccc(C2=N[C@@H]([C](Cc3ccccc3)Cc3ccccc3)CO2)cc1. The highest BCUT2D eigenvalue weighted by Gasteiger charge is 2.32. The van der Waals surface area contributed by atoms with Crippen molar-refractivity contribution in [2.45, 2.75) is 25.1 Å². The molecule has 0 saturated heterocycles. The van der Waals surface area contributed by atoms with Crippen molar-refractivity contribution in [3.63, 3.8) is 0 Å². The number of alkyl halides is 3. The Bertz CT molecular complexity index is 941. The summed E-state index contributed by atoms with van der Waals surface area (Å²) in [6.45, 7) is 0.394. The number of nitrogens with zero attached hydrogens (tertiary/aromatic N) is 1. The molecule has 153 valence electrons. The molecular weight excluding hydrogens is 387 g/mol. The maximum absolute atomic E-state index is 12.8. The summed E-state index contributed by atoms with van der Waals surface area (Å²) in [5.41, 5.74) is 2.27. The van der Waals surface area contributed by atoms with Crippen molar-refractivity contribution in [3.8, 4) is 0 Å². The van der Waals surface area contributed by atoms with E-state index in [0.29, 0.717) is 18.1 Å². The van der Waals surface area contributed by atoms with Crippen molar-refractivity contribution in [2.24, 2.45) is 4.99 Å². The van der Waals surface area contributed by atoms with Crippen LogP contribution >= 0.6 is 0 Å². The normalized spacial score (nSPS) is 16.4. The van der Waals surface area contributed by atoms with E-state index in [2.05, 4.69) is 24.3 Å². The van der Waals surface area contributed by atoms with Crippen LogP contribution < -0.4 is 0 Å². The molecule has 0 amide bonds. The molecule has 2 nitrogen and oxygen atoms in total. The highest BCUT2D eigenvalue weighted by Crippen LogP contribution is 2.30. The van der Waals surface area contributed by atoms with Crippen LogP contribution in [0.25, 0.3) is 0 Å². The van der Waals surface area contributed by atoms with Gasteiger partial charge in [-0.05, 0) is 48.2 Å². The molecular formula is C25H21F3NO. The van der Waals surface area contributed by atoms with E-state index in [1.165, 1.54) is 29.2 Å². The molecule has 0 N–H and O–H groups in total. The third-order valence-corrected chi connectivity index (χ3v) is 5.13. The van der Waals surface area contributed by atoms with E-state index in [4.69, 9.17) is 9.73 Å². The second-order valence-electron chi connectivity index (χ2n) is 7.32. The smallest absolute Gasteiger partial charge is 0.416 e. The second-order valence-corrected chi connectivity index (χ2v) is 7.32. The minimum Gasteiger partial charge on any atom is -0.475 e. The first-order chi connectivity index (χ1) is 14.5. The summed E-state index contributed by atoms with van der Waals surface area (Å²) in [5.74, 6) is 1.61. The fraction of sp³-hybridized carbons (Fsp3) is 0.200. The van der Waals surface area contributed by atoms with Crippen LogP contribution in [0.15, 0.2) is 89.9 Å². The second kappa shape index (κ2) is 8.74. The summed E-state index contributed by atoms with van der Waals surface area (Å²) in [6.07, 6.45) is -2.81. The van der Waals surface area contributed by atoms with Gasteiger partial charge in [0.25, 0.3) is 0 Å². The first kappa shape index (κ1) is 20.2. The van der Waals surface area contributed by atoms with Crippen LogP contribution in [0, 0.1) is 5.92 Å². The summed E-state index contributed by atoms with van der Waals surface area (Å²) in [7, 11) is 0. The van der Waals surface area contributed by atoms with Gasteiger partial charge in [-0.2, -0.15) is 13.2 Å². The number of hydrogen-bond acceptors (Lipinski definition) is 2. The lowest BCUT2D eigenvalue weighted by atomic mass is 9.87. The minimum atomic E-state index is -4.36. The van der Waals surface area contributed by atoms with Gasteiger partial charge in [0.1, 0.15) is 6.61 Å². The molecule has 5 heteroatoms. The van der Waals surface area contributed by atoms with Crippen LogP contribution in [-0.4, -0.2) is 18.5 Å². The van der Waals surface area contributed by atoms with Crippen LogP contribution in [0.4, 0.5) is 13.2 Å². The van der Waals surface area contributed by atoms with E-state index in [-0.39, 0.29) is 6.04 Å². The zero-order valence-electron chi connectivity index (χ0n) is 16.3. The molecule has 0 bridgehead atoms. The van der Waals surface area contributed by atoms with Crippen molar-refractivity contribution in [1.29, 1.82) is 0 Å². The average Bonchev–Trinajstić information content (AvgIpc) is 3.25. The number of rotatable bonds is 6.